The molecule has 0 bridgehead atoms. The highest BCUT2D eigenvalue weighted by atomic mass is 19.1. The molecular weight excluding hydrogens is 533 g/mol. The molecule has 41 heavy (non-hydrogen) atoms. The van der Waals surface area contributed by atoms with E-state index in [1.54, 1.807) is 49.9 Å². The molecule has 1 aliphatic heterocycles. The number of halogens is 1. The zero-order valence-electron chi connectivity index (χ0n) is 22.8. The highest BCUT2D eigenvalue weighted by Crippen LogP contribution is 2.30. The Balaban J connectivity index is 1.30. The van der Waals surface area contributed by atoms with E-state index in [9.17, 15) is 19.2 Å². The molecule has 2 amide bonds. The van der Waals surface area contributed by atoms with Crippen molar-refractivity contribution < 1.29 is 28.3 Å². The molecule has 13 heteroatoms. The van der Waals surface area contributed by atoms with Gasteiger partial charge in [0, 0.05) is 48.9 Å². The summed E-state index contributed by atoms with van der Waals surface area (Å²) in [7, 11) is 0. The van der Waals surface area contributed by atoms with Gasteiger partial charge in [-0.2, -0.15) is 0 Å². The van der Waals surface area contributed by atoms with Gasteiger partial charge in [-0.15, -0.1) is 15.0 Å². The van der Waals surface area contributed by atoms with Crippen molar-refractivity contribution in [2.75, 3.05) is 26.2 Å². The Labute approximate surface area is 234 Å². The molecule has 12 nitrogen and oxygen atoms in total. The molecule has 1 N–H and O–H groups in total. The summed E-state index contributed by atoms with van der Waals surface area (Å²) in [4.78, 5) is 58.0. The van der Waals surface area contributed by atoms with Gasteiger partial charge in [0.2, 0.25) is 12.6 Å². The van der Waals surface area contributed by atoms with E-state index < -0.39 is 28.9 Å². The number of tetrazole rings is 1. The molecule has 2 aromatic heterocycles. The summed E-state index contributed by atoms with van der Waals surface area (Å²) in [6.07, 6.45) is 1.28. The lowest BCUT2D eigenvalue weighted by atomic mass is 9.98. The van der Waals surface area contributed by atoms with Crippen molar-refractivity contribution in [1.82, 2.24) is 35.0 Å². The van der Waals surface area contributed by atoms with E-state index in [0.29, 0.717) is 11.1 Å². The number of nitrogens with one attached hydrogen (secondary N) is 1. The minimum absolute atomic E-state index is 0.0748. The third-order valence-corrected chi connectivity index (χ3v) is 6.72. The number of amides is 2. The minimum Gasteiger partial charge on any atom is -0.440 e. The number of hydrogen-bond donors (Lipinski definition) is 1. The average molecular weight is 562 g/mol. The summed E-state index contributed by atoms with van der Waals surface area (Å²) in [5.74, 6) is -2.85. The first kappa shape index (κ1) is 27.6. The molecule has 0 spiro atoms. The van der Waals surface area contributed by atoms with Crippen molar-refractivity contribution in [3.8, 4) is 11.4 Å². The lowest BCUT2D eigenvalue weighted by molar-refractivity contribution is -0.157. The molecule has 0 aliphatic carbocycles. The minimum atomic E-state index is -0.874. The van der Waals surface area contributed by atoms with E-state index in [4.69, 9.17) is 4.74 Å². The molecule has 0 saturated carbocycles. The fourth-order valence-electron chi connectivity index (χ4n) is 4.45. The van der Waals surface area contributed by atoms with E-state index in [-0.39, 0.29) is 61.1 Å². The van der Waals surface area contributed by atoms with Crippen LogP contribution in [0.5, 0.6) is 0 Å². The van der Waals surface area contributed by atoms with Gasteiger partial charge < -0.3 is 19.5 Å². The number of carbonyl (C=O) groups excluding carboxylic acids is 4. The van der Waals surface area contributed by atoms with Crippen molar-refractivity contribution in [2.24, 2.45) is 5.41 Å². The first-order chi connectivity index (χ1) is 19.5. The molecule has 1 saturated heterocycles. The van der Waals surface area contributed by atoms with E-state index >= 15 is 4.39 Å². The molecule has 5 rings (SSSR count). The zero-order chi connectivity index (χ0) is 29.3. The largest absolute Gasteiger partial charge is 0.440 e. The van der Waals surface area contributed by atoms with Crippen LogP contribution in [0.25, 0.3) is 22.3 Å². The van der Waals surface area contributed by atoms with Crippen LogP contribution in [0.15, 0.2) is 48.7 Å². The number of nitrogens with zero attached hydrogens (tertiary/aromatic N) is 6. The van der Waals surface area contributed by atoms with Gasteiger partial charge >= 0.3 is 5.97 Å². The molecule has 2 aromatic carbocycles. The first-order valence-electron chi connectivity index (χ1n) is 13.0. The molecule has 4 aromatic rings. The van der Waals surface area contributed by atoms with Crippen LogP contribution >= 0.6 is 0 Å². The van der Waals surface area contributed by atoms with E-state index in [2.05, 4.69) is 20.4 Å². The van der Waals surface area contributed by atoms with Crippen LogP contribution in [-0.2, 0) is 21.1 Å². The summed E-state index contributed by atoms with van der Waals surface area (Å²) in [5.41, 5.74) is 0.275. The van der Waals surface area contributed by atoms with Gasteiger partial charge in [0.05, 0.1) is 16.5 Å². The Kier molecular flexibility index (Phi) is 7.35. The number of H-pyrrole nitrogens is 1. The van der Waals surface area contributed by atoms with Gasteiger partial charge in [-0.3, -0.25) is 19.2 Å². The SMILES string of the molecule is CC(C)(C)C(=O)OCn1nnc(-c2ccc(F)c3c(C(=O)C(=O)N4CCN(C(=O)c5ccccc5)CC4)c[nH]c23)n1. The molecule has 1 fully saturated rings. The summed E-state index contributed by atoms with van der Waals surface area (Å²) < 4.78 is 20.2. The number of ketones is 1. The number of aromatic amines is 1. The van der Waals surface area contributed by atoms with Crippen LogP contribution in [0.2, 0.25) is 0 Å². The van der Waals surface area contributed by atoms with Crippen molar-refractivity contribution in [3.63, 3.8) is 0 Å². The number of hydrogen-bond acceptors (Lipinski definition) is 8. The van der Waals surface area contributed by atoms with Gasteiger partial charge in [-0.25, -0.2) is 4.39 Å². The third-order valence-electron chi connectivity index (χ3n) is 6.72. The van der Waals surface area contributed by atoms with Crippen molar-refractivity contribution in [1.29, 1.82) is 0 Å². The summed E-state index contributed by atoms with van der Waals surface area (Å²) in [6, 6.07) is 11.4. The Morgan fingerprint density at radius 2 is 1.66 bits per heavy atom. The van der Waals surface area contributed by atoms with Gasteiger partial charge in [0.1, 0.15) is 5.82 Å². The van der Waals surface area contributed by atoms with Gasteiger partial charge in [0.15, 0.2) is 0 Å². The zero-order valence-corrected chi connectivity index (χ0v) is 22.8. The summed E-state index contributed by atoms with van der Waals surface area (Å²) in [6.45, 7) is 5.77. The lowest BCUT2D eigenvalue weighted by Crippen LogP contribution is -2.52. The molecule has 3 heterocycles. The van der Waals surface area contributed by atoms with Crippen molar-refractivity contribution in [2.45, 2.75) is 27.5 Å². The van der Waals surface area contributed by atoms with Crippen molar-refractivity contribution in [3.05, 3.63) is 65.6 Å². The quantitative estimate of drug-likeness (QED) is 0.215. The van der Waals surface area contributed by atoms with Gasteiger partial charge in [-0.05, 0) is 50.3 Å². The summed E-state index contributed by atoms with van der Waals surface area (Å²) in [5, 5.41) is 12.0. The van der Waals surface area contributed by atoms with E-state index in [0.717, 1.165) is 10.9 Å². The topological polar surface area (TPSA) is 143 Å². The van der Waals surface area contributed by atoms with E-state index in [1.165, 1.54) is 17.2 Å². The maximum Gasteiger partial charge on any atom is 0.313 e. The lowest BCUT2D eigenvalue weighted by Gasteiger charge is -2.34. The second kappa shape index (κ2) is 10.9. The molecule has 212 valence electrons. The van der Waals surface area contributed by atoms with Crippen LogP contribution in [0, 0.1) is 11.2 Å². The third kappa shape index (κ3) is 5.55. The smallest absolute Gasteiger partial charge is 0.313 e. The molecule has 1 aliphatic rings. The van der Waals surface area contributed by atoms with Crippen LogP contribution in [0.4, 0.5) is 4.39 Å². The second-order valence-corrected chi connectivity index (χ2v) is 10.6. The highest BCUT2D eigenvalue weighted by molar-refractivity contribution is 6.45. The number of piperazine rings is 1. The number of benzene rings is 2. The predicted molar refractivity (Wildman–Crippen MR) is 144 cm³/mol. The Bertz CT molecular complexity index is 1630. The highest BCUT2D eigenvalue weighted by Gasteiger charge is 2.31. The standard InChI is InChI=1S/C28H28FN7O5/c1-28(2,3)27(40)41-16-36-32-24(31-33-36)18-9-10-20(29)21-19(15-30-22(18)21)23(37)26(39)35-13-11-34(12-14-35)25(38)17-7-5-4-6-8-17/h4-10,15,30H,11-14,16H2,1-3H3. The number of esters is 1. The van der Waals surface area contributed by atoms with Gasteiger partial charge in [-0.1, -0.05) is 18.2 Å². The molecule has 0 unspecified atom stereocenters. The maximum absolute atomic E-state index is 15.0. The Hall–Kier alpha value is -4.94. The molecule has 0 radical (unpaired) electrons. The maximum atomic E-state index is 15.0. The van der Waals surface area contributed by atoms with Crippen LogP contribution in [0.3, 0.4) is 0 Å². The first-order valence-corrected chi connectivity index (χ1v) is 13.0. The number of fused-ring (bicyclic) bond motifs is 1. The van der Waals surface area contributed by atoms with E-state index in [1.807, 2.05) is 6.07 Å². The Morgan fingerprint density at radius 1 is 0.976 bits per heavy atom. The average Bonchev–Trinajstić information content (AvgIpc) is 3.63. The predicted octanol–water partition coefficient (Wildman–Crippen LogP) is 2.67. The fourth-order valence-corrected chi connectivity index (χ4v) is 4.45. The second-order valence-electron chi connectivity index (χ2n) is 10.6. The van der Waals surface area contributed by atoms with Crippen LogP contribution < -0.4 is 0 Å². The summed E-state index contributed by atoms with van der Waals surface area (Å²) >= 11 is 0. The number of Topliss-reactive ketones (excluding diaryl/α,β-unsaturated/α-hetero) is 1. The normalized spacial score (nSPS) is 13.9. The molecular formula is C28H28FN7O5. The fraction of sp³-hybridized carbons (Fsp3) is 0.321. The van der Waals surface area contributed by atoms with Crippen LogP contribution in [0.1, 0.15) is 41.5 Å². The number of rotatable bonds is 6. The number of carbonyl (C=O) groups is 4. The molecule has 0 atom stereocenters. The Morgan fingerprint density at radius 3 is 2.34 bits per heavy atom. The van der Waals surface area contributed by atoms with Crippen molar-refractivity contribution >= 4 is 34.5 Å². The van der Waals surface area contributed by atoms with Gasteiger partial charge in [0.25, 0.3) is 17.6 Å². The van der Waals surface area contributed by atoms with Crippen LogP contribution in [-0.4, -0.2) is 84.7 Å². The number of ether oxygens (including phenoxy) is 1. The number of aromatic nitrogens is 5. The monoisotopic (exact) mass is 561 g/mol.